The van der Waals surface area contributed by atoms with Crippen LogP contribution in [0.15, 0.2) is 60.7 Å². The highest BCUT2D eigenvalue weighted by Crippen LogP contribution is 2.22. The normalized spacial score (nSPS) is 16.9. The maximum atomic E-state index is 10.6. The van der Waals surface area contributed by atoms with Gasteiger partial charge in [0.1, 0.15) is 0 Å². The molecule has 2 N–H and O–H groups in total. The van der Waals surface area contributed by atoms with Crippen molar-refractivity contribution in [2.45, 2.75) is 46.2 Å². The number of hydrogen-bond acceptors (Lipinski definition) is 4. The molecule has 28 heavy (non-hydrogen) atoms. The monoisotopic (exact) mass is 386 g/mol. The molecule has 2 aromatic carbocycles. The van der Waals surface area contributed by atoms with Crippen LogP contribution in [0.1, 0.15) is 31.9 Å². The topological polar surface area (TPSA) is 58.9 Å². The second-order valence-corrected chi connectivity index (χ2v) is 7.80. The molecule has 2 rings (SSSR count). The van der Waals surface area contributed by atoms with E-state index in [1.807, 2.05) is 81.4 Å². The van der Waals surface area contributed by atoms with Crippen LogP contribution in [0.5, 0.6) is 0 Å². The van der Waals surface area contributed by atoms with E-state index in [0.717, 1.165) is 11.1 Å². The van der Waals surface area contributed by atoms with Crippen LogP contribution in [0.4, 0.5) is 0 Å². The zero-order valence-electron chi connectivity index (χ0n) is 17.2. The second kappa shape index (κ2) is 12.0. The molecule has 0 amide bonds. The fourth-order valence-corrected chi connectivity index (χ4v) is 3.31. The molecular weight excluding hydrogens is 352 g/mol. The number of hydrogen-bond donors (Lipinski definition) is 2. The zero-order chi connectivity index (χ0) is 20.4. The Hall–Kier alpha value is -1.72. The van der Waals surface area contributed by atoms with Crippen LogP contribution in [0.2, 0.25) is 0 Å². The molecule has 4 nitrogen and oxygen atoms in total. The molecule has 0 saturated heterocycles. The summed E-state index contributed by atoms with van der Waals surface area (Å²) in [4.78, 5) is 0. The van der Waals surface area contributed by atoms with Gasteiger partial charge in [-0.2, -0.15) is 0 Å². The molecule has 0 spiro atoms. The van der Waals surface area contributed by atoms with Crippen LogP contribution in [0.3, 0.4) is 0 Å². The Balaban J connectivity index is 1.71. The molecule has 1 unspecified atom stereocenters. The van der Waals surface area contributed by atoms with E-state index < -0.39 is 12.2 Å². The number of aliphatic hydroxyl groups excluding tert-OH is 2. The van der Waals surface area contributed by atoms with Crippen molar-refractivity contribution in [2.24, 2.45) is 17.8 Å². The Morgan fingerprint density at radius 1 is 0.643 bits per heavy atom. The molecule has 0 fully saturated rings. The first kappa shape index (κ1) is 22.6. The fourth-order valence-electron chi connectivity index (χ4n) is 3.31. The molecule has 2 aromatic rings. The lowest BCUT2D eigenvalue weighted by Gasteiger charge is -2.31. The Labute approximate surface area is 169 Å². The van der Waals surface area contributed by atoms with Gasteiger partial charge in [0.15, 0.2) is 0 Å². The number of benzene rings is 2. The minimum absolute atomic E-state index is 0.0641. The lowest BCUT2D eigenvalue weighted by Crippen LogP contribution is -2.40. The smallest absolute Gasteiger partial charge is 0.0717 e. The molecule has 0 aliphatic rings. The lowest BCUT2D eigenvalue weighted by molar-refractivity contribution is -0.0628. The van der Waals surface area contributed by atoms with Crippen molar-refractivity contribution in [2.75, 3.05) is 13.2 Å². The largest absolute Gasteiger partial charge is 0.392 e. The van der Waals surface area contributed by atoms with E-state index in [9.17, 15) is 10.2 Å². The van der Waals surface area contributed by atoms with Gasteiger partial charge in [-0.05, 0) is 11.1 Å². The molecule has 0 aromatic heterocycles. The summed E-state index contributed by atoms with van der Waals surface area (Å²) in [7, 11) is 0. The summed E-state index contributed by atoms with van der Waals surface area (Å²) in [6, 6.07) is 20.0. The molecule has 0 radical (unpaired) electrons. The van der Waals surface area contributed by atoms with Gasteiger partial charge in [-0.15, -0.1) is 0 Å². The van der Waals surface area contributed by atoms with Crippen molar-refractivity contribution in [3.8, 4) is 0 Å². The van der Waals surface area contributed by atoms with Crippen LogP contribution >= 0.6 is 0 Å². The predicted octanol–water partition coefficient (Wildman–Crippen LogP) is 4.05. The minimum atomic E-state index is -0.637. The van der Waals surface area contributed by atoms with Crippen molar-refractivity contribution >= 4 is 0 Å². The van der Waals surface area contributed by atoms with Crippen LogP contribution in [-0.2, 0) is 22.7 Å². The maximum absolute atomic E-state index is 10.6. The summed E-state index contributed by atoms with van der Waals surface area (Å²) in [6.45, 7) is 7.75. The maximum Gasteiger partial charge on any atom is 0.0717 e. The summed E-state index contributed by atoms with van der Waals surface area (Å²) in [5.41, 5.74) is 2.22. The van der Waals surface area contributed by atoms with Crippen LogP contribution in [0.25, 0.3) is 0 Å². The van der Waals surface area contributed by atoms with Crippen LogP contribution in [-0.4, -0.2) is 35.6 Å². The molecule has 5 atom stereocenters. The first-order valence-corrected chi connectivity index (χ1v) is 10.1. The summed E-state index contributed by atoms with van der Waals surface area (Å²) in [5.74, 6) is -0.387. The number of ether oxygens (including phenoxy) is 2. The van der Waals surface area contributed by atoms with Gasteiger partial charge in [0, 0.05) is 17.8 Å². The van der Waals surface area contributed by atoms with Crippen molar-refractivity contribution in [1.82, 2.24) is 0 Å². The summed E-state index contributed by atoms with van der Waals surface area (Å²) in [5, 5.41) is 21.3. The SMILES string of the molecule is CC([C@@H](O)[C@H](C)COCc1ccccc1)[C@@H](O)[C@@H](C)COCc1ccccc1. The Morgan fingerprint density at radius 3 is 1.36 bits per heavy atom. The summed E-state index contributed by atoms with van der Waals surface area (Å²) in [6.07, 6.45) is -1.27. The van der Waals surface area contributed by atoms with Gasteiger partial charge >= 0.3 is 0 Å². The van der Waals surface area contributed by atoms with Crippen LogP contribution < -0.4 is 0 Å². The van der Waals surface area contributed by atoms with Gasteiger partial charge in [-0.25, -0.2) is 0 Å². The van der Waals surface area contributed by atoms with Crippen molar-refractivity contribution in [3.63, 3.8) is 0 Å². The van der Waals surface area contributed by atoms with E-state index in [4.69, 9.17) is 9.47 Å². The zero-order valence-corrected chi connectivity index (χ0v) is 17.2. The molecule has 0 saturated carbocycles. The van der Waals surface area contributed by atoms with E-state index in [1.165, 1.54) is 0 Å². The van der Waals surface area contributed by atoms with E-state index >= 15 is 0 Å². The number of aliphatic hydroxyl groups is 2. The third-order valence-corrected chi connectivity index (χ3v) is 5.23. The lowest BCUT2D eigenvalue weighted by atomic mass is 9.85. The molecule has 0 aliphatic heterocycles. The molecule has 4 heteroatoms. The Morgan fingerprint density at radius 2 is 1.00 bits per heavy atom. The quantitative estimate of drug-likeness (QED) is 0.578. The highest BCUT2D eigenvalue weighted by molar-refractivity contribution is 5.14. The van der Waals surface area contributed by atoms with Gasteiger partial charge in [0.25, 0.3) is 0 Å². The molecular formula is C24H34O4. The first-order chi connectivity index (χ1) is 13.5. The summed E-state index contributed by atoms with van der Waals surface area (Å²) >= 11 is 0. The third-order valence-electron chi connectivity index (χ3n) is 5.23. The fraction of sp³-hybridized carbons (Fsp3) is 0.500. The van der Waals surface area contributed by atoms with Crippen LogP contribution in [0, 0.1) is 17.8 Å². The molecule has 154 valence electrons. The molecule has 0 heterocycles. The third kappa shape index (κ3) is 7.36. The van der Waals surface area contributed by atoms with Gasteiger partial charge in [-0.3, -0.25) is 0 Å². The number of rotatable bonds is 12. The minimum Gasteiger partial charge on any atom is -0.392 e. The predicted molar refractivity (Wildman–Crippen MR) is 112 cm³/mol. The highest BCUT2D eigenvalue weighted by atomic mass is 16.5. The molecule has 0 aliphatic carbocycles. The van der Waals surface area contributed by atoms with Crippen molar-refractivity contribution in [1.29, 1.82) is 0 Å². The Kier molecular flexibility index (Phi) is 9.65. The van der Waals surface area contributed by atoms with Gasteiger partial charge < -0.3 is 19.7 Å². The average molecular weight is 387 g/mol. The van der Waals surface area contributed by atoms with E-state index in [-0.39, 0.29) is 17.8 Å². The first-order valence-electron chi connectivity index (χ1n) is 10.1. The van der Waals surface area contributed by atoms with Crippen molar-refractivity contribution < 1.29 is 19.7 Å². The average Bonchev–Trinajstić information content (AvgIpc) is 2.73. The van der Waals surface area contributed by atoms with E-state index in [1.54, 1.807) is 0 Å². The van der Waals surface area contributed by atoms with Gasteiger partial charge in [0.05, 0.1) is 38.6 Å². The van der Waals surface area contributed by atoms with Gasteiger partial charge in [-0.1, -0.05) is 81.4 Å². The summed E-state index contributed by atoms with van der Waals surface area (Å²) < 4.78 is 11.5. The Bertz CT molecular complexity index is 589. The van der Waals surface area contributed by atoms with E-state index in [0.29, 0.717) is 26.4 Å². The molecule has 0 bridgehead atoms. The van der Waals surface area contributed by atoms with Crippen molar-refractivity contribution in [3.05, 3.63) is 71.8 Å². The van der Waals surface area contributed by atoms with Gasteiger partial charge in [0.2, 0.25) is 0 Å². The highest BCUT2D eigenvalue weighted by Gasteiger charge is 2.30. The second-order valence-electron chi connectivity index (χ2n) is 7.80. The standard InChI is InChI=1S/C24H34O4/c1-18(14-27-16-21-10-6-4-7-11-21)23(25)20(3)24(26)19(2)15-28-17-22-12-8-5-9-13-22/h4-13,18-20,23-26H,14-17H2,1-3H3/t18-,19+,20?,23-,24-/m0/s1. The van der Waals surface area contributed by atoms with E-state index in [2.05, 4.69) is 0 Å².